The van der Waals surface area contributed by atoms with Gasteiger partial charge < -0.3 is 4.90 Å². The summed E-state index contributed by atoms with van der Waals surface area (Å²) in [5.41, 5.74) is 0.614. The van der Waals surface area contributed by atoms with E-state index >= 15 is 0 Å². The second kappa shape index (κ2) is 8.03. The van der Waals surface area contributed by atoms with Crippen LogP contribution >= 0.6 is 34.8 Å². The van der Waals surface area contributed by atoms with Crippen LogP contribution in [-0.4, -0.2) is 36.8 Å². The molecule has 0 N–H and O–H groups in total. The molecule has 2 aromatic carbocycles. The van der Waals surface area contributed by atoms with E-state index in [1.165, 1.54) is 12.1 Å². The molecule has 1 aliphatic carbocycles. The Morgan fingerprint density at radius 2 is 1.68 bits per heavy atom. The predicted octanol–water partition coefficient (Wildman–Crippen LogP) is 4.58. The maximum absolute atomic E-state index is 13.0. The van der Waals surface area contributed by atoms with E-state index in [0.29, 0.717) is 10.6 Å². The summed E-state index contributed by atoms with van der Waals surface area (Å²) >= 11 is 17.8. The molecule has 2 aromatic rings. The Morgan fingerprint density at radius 3 is 2.18 bits per heavy atom. The van der Waals surface area contributed by atoms with E-state index in [1.54, 1.807) is 29.2 Å². The highest BCUT2D eigenvalue weighted by molar-refractivity contribution is 7.90. The predicted molar refractivity (Wildman–Crippen MR) is 109 cm³/mol. The van der Waals surface area contributed by atoms with Crippen molar-refractivity contribution in [3.63, 3.8) is 0 Å². The molecule has 0 radical (unpaired) electrons. The maximum Gasteiger partial charge on any atom is 0.254 e. The van der Waals surface area contributed by atoms with Crippen molar-refractivity contribution >= 4 is 55.8 Å². The molecule has 0 aliphatic heterocycles. The number of amides is 1. The van der Waals surface area contributed by atoms with Gasteiger partial charge in [-0.05, 0) is 60.8 Å². The third-order valence-electron chi connectivity index (χ3n) is 4.48. The van der Waals surface area contributed by atoms with E-state index in [2.05, 4.69) is 0 Å². The number of carbonyl (C=O) groups is 2. The first-order valence-corrected chi connectivity index (χ1v) is 11.4. The molecule has 3 rings (SSSR count). The zero-order chi connectivity index (χ0) is 20.6. The van der Waals surface area contributed by atoms with Gasteiger partial charge in [-0.2, -0.15) is 0 Å². The van der Waals surface area contributed by atoms with Crippen molar-refractivity contribution in [2.45, 2.75) is 30.3 Å². The summed E-state index contributed by atoms with van der Waals surface area (Å²) in [6, 6.07) is 8.99. The largest absolute Gasteiger partial charge is 0.331 e. The number of nitrogens with zero attached hydrogens (tertiary/aromatic N) is 1. The Balaban J connectivity index is 2.06. The number of sulfone groups is 1. The lowest BCUT2D eigenvalue weighted by molar-refractivity contribution is 0.0728. The summed E-state index contributed by atoms with van der Waals surface area (Å²) in [7, 11) is -3.64. The number of hydrogen-bond donors (Lipinski definition) is 0. The molecule has 5 nitrogen and oxygen atoms in total. The summed E-state index contributed by atoms with van der Waals surface area (Å²) in [5.74, 6) is -0.266. The molecule has 0 heterocycles. The Labute approximate surface area is 178 Å². The van der Waals surface area contributed by atoms with Crippen LogP contribution in [0, 0.1) is 0 Å². The van der Waals surface area contributed by atoms with Gasteiger partial charge in [0.05, 0.1) is 15.5 Å². The van der Waals surface area contributed by atoms with Crippen LogP contribution in [0.25, 0.3) is 0 Å². The Hall–Kier alpha value is -1.60. The van der Waals surface area contributed by atoms with Gasteiger partial charge in [0.2, 0.25) is 0 Å². The van der Waals surface area contributed by atoms with Gasteiger partial charge in [0.1, 0.15) is 0 Å². The van der Waals surface area contributed by atoms with Crippen LogP contribution in [-0.2, 0) is 16.4 Å². The molecule has 9 heteroatoms. The fraction of sp³-hybridized carbons (Fsp3) is 0.263. The lowest BCUT2D eigenvalue weighted by Gasteiger charge is -2.25. The zero-order valence-electron chi connectivity index (χ0n) is 14.8. The highest BCUT2D eigenvalue weighted by Crippen LogP contribution is 2.35. The topological polar surface area (TPSA) is 71.5 Å². The third kappa shape index (κ3) is 4.51. The monoisotopic (exact) mass is 459 g/mol. The minimum Gasteiger partial charge on any atom is -0.331 e. The Morgan fingerprint density at radius 1 is 1.07 bits per heavy atom. The first-order valence-electron chi connectivity index (χ1n) is 8.37. The van der Waals surface area contributed by atoms with E-state index < -0.39 is 15.1 Å². The van der Waals surface area contributed by atoms with Crippen molar-refractivity contribution < 1.29 is 18.0 Å². The van der Waals surface area contributed by atoms with E-state index in [0.717, 1.165) is 19.1 Å². The second-order valence-corrected chi connectivity index (χ2v) is 9.76. The van der Waals surface area contributed by atoms with Gasteiger partial charge >= 0.3 is 0 Å². The summed E-state index contributed by atoms with van der Waals surface area (Å²) < 4.78 is 24.5. The highest BCUT2D eigenvalue weighted by atomic mass is 35.5. The quantitative estimate of drug-likeness (QED) is 0.592. The molecule has 1 fully saturated rings. The Bertz CT molecular complexity index is 1050. The van der Waals surface area contributed by atoms with Crippen molar-refractivity contribution in [2.24, 2.45) is 0 Å². The first-order chi connectivity index (χ1) is 13.1. The van der Waals surface area contributed by atoms with E-state index in [4.69, 9.17) is 34.8 Å². The average molecular weight is 461 g/mol. The highest BCUT2D eigenvalue weighted by Gasteiger charge is 2.35. The first kappa shape index (κ1) is 21.1. The molecule has 0 saturated heterocycles. The van der Waals surface area contributed by atoms with Crippen molar-refractivity contribution in [2.75, 3.05) is 6.26 Å². The van der Waals surface area contributed by atoms with Gasteiger partial charge in [0.25, 0.3) is 11.1 Å². The maximum atomic E-state index is 13.0. The second-order valence-electron chi connectivity index (χ2n) is 6.62. The molecule has 1 aliphatic rings. The third-order valence-corrected chi connectivity index (χ3v) is 6.55. The van der Waals surface area contributed by atoms with Gasteiger partial charge in [-0.1, -0.05) is 23.2 Å². The number of carbonyl (C=O) groups excluding carboxylic acids is 2. The summed E-state index contributed by atoms with van der Waals surface area (Å²) in [6.45, 7) is -0.0502. The molecule has 0 atom stereocenters. The van der Waals surface area contributed by atoms with Crippen LogP contribution in [0.1, 0.15) is 39.1 Å². The van der Waals surface area contributed by atoms with Crippen LogP contribution < -0.4 is 0 Å². The molecule has 28 heavy (non-hydrogen) atoms. The molecular formula is C19H16Cl3NO4S. The van der Waals surface area contributed by atoms with Gasteiger partial charge in [-0.25, -0.2) is 8.42 Å². The van der Waals surface area contributed by atoms with E-state index in [1.807, 2.05) is 0 Å². The number of benzene rings is 2. The molecule has 1 amide bonds. The van der Waals surface area contributed by atoms with Crippen LogP contribution in [0.4, 0.5) is 0 Å². The van der Waals surface area contributed by atoms with Crippen LogP contribution in [0.2, 0.25) is 10.0 Å². The normalized spacial score (nSPS) is 14.0. The molecule has 0 aromatic heterocycles. The standard InChI is InChI=1S/C19H16Cl3NO4S/c1-28(26,27)16-9-8-14(18(22)24)17(21)15(16)10-23(13-6-7-13)19(25)11-2-4-12(20)5-3-11/h2-5,8-9,13H,6-7,10H2,1H3. The summed E-state index contributed by atoms with van der Waals surface area (Å²) in [6.07, 6.45) is 2.66. The minimum absolute atomic E-state index is 0.000391. The molecule has 1 saturated carbocycles. The van der Waals surface area contributed by atoms with Crippen molar-refractivity contribution in [3.8, 4) is 0 Å². The lowest BCUT2D eigenvalue weighted by atomic mass is 10.1. The van der Waals surface area contributed by atoms with Crippen LogP contribution in [0.3, 0.4) is 0 Å². The molecule has 0 spiro atoms. The summed E-state index contributed by atoms with van der Waals surface area (Å²) in [5, 5.41) is -0.351. The number of hydrogen-bond acceptors (Lipinski definition) is 4. The summed E-state index contributed by atoms with van der Waals surface area (Å²) in [4.78, 5) is 26.2. The van der Waals surface area contributed by atoms with Crippen molar-refractivity contribution in [1.29, 1.82) is 0 Å². The van der Waals surface area contributed by atoms with Crippen molar-refractivity contribution in [3.05, 3.63) is 63.1 Å². The van der Waals surface area contributed by atoms with Gasteiger partial charge in [0.15, 0.2) is 9.84 Å². The molecular weight excluding hydrogens is 445 g/mol. The SMILES string of the molecule is CS(=O)(=O)c1ccc(C(=O)Cl)c(Cl)c1CN(C(=O)c1ccc(Cl)cc1)C1CC1. The molecule has 148 valence electrons. The number of rotatable bonds is 6. The average Bonchev–Trinajstić information content (AvgIpc) is 3.44. The fourth-order valence-corrected chi connectivity index (χ4v) is 4.56. The van der Waals surface area contributed by atoms with E-state index in [9.17, 15) is 18.0 Å². The lowest BCUT2D eigenvalue weighted by Crippen LogP contribution is -2.33. The zero-order valence-corrected chi connectivity index (χ0v) is 17.9. The van der Waals surface area contributed by atoms with Crippen LogP contribution in [0.15, 0.2) is 41.3 Å². The smallest absolute Gasteiger partial charge is 0.254 e. The van der Waals surface area contributed by atoms with Gasteiger partial charge in [-0.3, -0.25) is 9.59 Å². The minimum atomic E-state index is -3.64. The molecule has 0 unspecified atom stereocenters. The van der Waals surface area contributed by atoms with Crippen LogP contribution in [0.5, 0.6) is 0 Å². The van der Waals surface area contributed by atoms with E-state index in [-0.39, 0.29) is 39.5 Å². The molecule has 0 bridgehead atoms. The number of halogens is 3. The van der Waals surface area contributed by atoms with Gasteiger partial charge in [-0.15, -0.1) is 0 Å². The Kier molecular flexibility index (Phi) is 6.05. The van der Waals surface area contributed by atoms with Gasteiger partial charge in [0, 0.05) is 35.0 Å². The fourth-order valence-electron chi connectivity index (χ4n) is 2.93. The van der Waals surface area contributed by atoms with Crippen molar-refractivity contribution in [1.82, 2.24) is 4.90 Å².